The third-order valence-corrected chi connectivity index (χ3v) is 7.09. The van der Waals surface area contributed by atoms with Crippen molar-refractivity contribution in [3.05, 3.63) is 78.1 Å². The lowest BCUT2D eigenvalue weighted by Crippen LogP contribution is -2.36. The Morgan fingerprint density at radius 3 is 2.53 bits per heavy atom. The van der Waals surface area contributed by atoms with E-state index >= 15 is 0 Å². The molecule has 0 saturated carbocycles. The molecular weight excluding hydrogens is 435 g/mol. The van der Waals surface area contributed by atoms with Crippen molar-refractivity contribution in [3.8, 4) is 5.75 Å². The van der Waals surface area contributed by atoms with Gasteiger partial charge >= 0.3 is 5.97 Å². The average Bonchev–Trinajstić information content (AvgIpc) is 3.22. The third kappa shape index (κ3) is 3.99. The van der Waals surface area contributed by atoms with Crippen LogP contribution in [0.25, 0.3) is 0 Å². The molecule has 0 saturated heterocycles. The van der Waals surface area contributed by atoms with E-state index in [9.17, 15) is 22.7 Å². The number of fused-ring (bicyclic) bond motifs is 1. The Labute approximate surface area is 185 Å². The molecule has 0 atom stereocenters. The molecule has 0 spiro atoms. The van der Waals surface area contributed by atoms with Crippen LogP contribution in [0.1, 0.15) is 5.56 Å². The Morgan fingerprint density at radius 2 is 1.84 bits per heavy atom. The van der Waals surface area contributed by atoms with Gasteiger partial charge in [0.2, 0.25) is 0 Å². The summed E-state index contributed by atoms with van der Waals surface area (Å²) in [6.07, 6.45) is 0.526. The number of methoxy groups -OCH3 is 1. The molecule has 0 bridgehead atoms. The maximum absolute atomic E-state index is 13.3. The lowest BCUT2D eigenvalue weighted by Gasteiger charge is -2.26. The highest BCUT2D eigenvalue weighted by molar-refractivity contribution is 7.92. The highest BCUT2D eigenvalue weighted by Crippen LogP contribution is 2.41. The SMILES string of the molecule is COc1cccc(N2CCc3c2cccc3N(CC(=O)O)S(=O)(=O)c2ccc(F)cc2)c1. The number of rotatable bonds is 7. The monoisotopic (exact) mass is 456 g/mol. The van der Waals surface area contributed by atoms with Crippen LogP contribution in [0.4, 0.5) is 21.5 Å². The molecule has 1 N–H and O–H groups in total. The maximum atomic E-state index is 13.3. The minimum Gasteiger partial charge on any atom is -0.497 e. The zero-order chi connectivity index (χ0) is 22.9. The predicted molar refractivity (Wildman–Crippen MR) is 119 cm³/mol. The standard InChI is InChI=1S/C23H21FN2O5S/c1-31-18-5-2-4-17(14-18)25-13-12-20-21(25)6-3-7-22(20)26(15-23(27)28)32(29,30)19-10-8-16(24)9-11-19/h2-11,14H,12-13,15H2,1H3,(H,27,28). The van der Waals surface area contributed by atoms with Crippen molar-refractivity contribution in [2.24, 2.45) is 0 Å². The molecule has 3 aromatic carbocycles. The van der Waals surface area contributed by atoms with Crippen LogP contribution >= 0.6 is 0 Å². The van der Waals surface area contributed by atoms with Gasteiger partial charge in [-0.05, 0) is 55.0 Å². The zero-order valence-corrected chi connectivity index (χ0v) is 18.0. The summed E-state index contributed by atoms with van der Waals surface area (Å²) < 4.78 is 46.2. The van der Waals surface area contributed by atoms with E-state index in [2.05, 4.69) is 0 Å². The van der Waals surface area contributed by atoms with Crippen LogP contribution in [0.15, 0.2) is 71.6 Å². The lowest BCUT2D eigenvalue weighted by atomic mass is 10.1. The molecule has 9 heteroatoms. The van der Waals surface area contributed by atoms with Crippen LogP contribution in [0, 0.1) is 5.82 Å². The quantitative estimate of drug-likeness (QED) is 0.582. The number of carbonyl (C=O) groups is 1. The Hall–Kier alpha value is -3.59. The Morgan fingerprint density at radius 1 is 1.12 bits per heavy atom. The van der Waals surface area contributed by atoms with Gasteiger partial charge in [-0.25, -0.2) is 12.8 Å². The first-order valence-electron chi connectivity index (χ1n) is 9.85. The molecule has 1 heterocycles. The first kappa shape index (κ1) is 21.6. The summed E-state index contributed by atoms with van der Waals surface area (Å²) in [6, 6.07) is 17.0. The van der Waals surface area contributed by atoms with Crippen molar-refractivity contribution in [1.29, 1.82) is 0 Å². The molecular formula is C23H21FN2O5S. The molecule has 0 radical (unpaired) electrons. The van der Waals surface area contributed by atoms with Gasteiger partial charge in [-0.2, -0.15) is 0 Å². The van der Waals surface area contributed by atoms with E-state index in [1.807, 2.05) is 35.2 Å². The summed E-state index contributed by atoms with van der Waals surface area (Å²) in [5, 5.41) is 9.45. The maximum Gasteiger partial charge on any atom is 0.324 e. The summed E-state index contributed by atoms with van der Waals surface area (Å²) in [6.45, 7) is -0.160. The van der Waals surface area contributed by atoms with Crippen molar-refractivity contribution in [3.63, 3.8) is 0 Å². The number of halogens is 1. The number of anilines is 3. The molecule has 1 aliphatic rings. The van der Waals surface area contributed by atoms with E-state index in [1.54, 1.807) is 19.2 Å². The number of carboxylic acids is 1. The first-order valence-corrected chi connectivity index (χ1v) is 11.3. The van der Waals surface area contributed by atoms with Gasteiger partial charge in [0.25, 0.3) is 10.0 Å². The largest absolute Gasteiger partial charge is 0.497 e. The normalized spacial score (nSPS) is 13.0. The fraction of sp³-hybridized carbons (Fsp3) is 0.174. The number of sulfonamides is 1. The number of hydrogen-bond donors (Lipinski definition) is 1. The van der Waals surface area contributed by atoms with Gasteiger partial charge in [0, 0.05) is 29.5 Å². The first-order chi connectivity index (χ1) is 15.3. The van der Waals surface area contributed by atoms with E-state index in [0.29, 0.717) is 24.4 Å². The molecule has 0 aliphatic carbocycles. The Bertz CT molecular complexity index is 1260. The molecule has 0 unspecified atom stereocenters. The van der Waals surface area contributed by atoms with Crippen LogP contribution < -0.4 is 13.9 Å². The van der Waals surface area contributed by atoms with Crippen LogP contribution in [0.2, 0.25) is 0 Å². The second kappa shape index (κ2) is 8.51. The molecule has 1 aliphatic heterocycles. The van der Waals surface area contributed by atoms with Gasteiger partial charge in [-0.3, -0.25) is 9.10 Å². The number of ether oxygens (including phenoxy) is 1. The van der Waals surface area contributed by atoms with Crippen molar-refractivity contribution in [2.75, 3.05) is 29.4 Å². The fourth-order valence-electron chi connectivity index (χ4n) is 3.85. The second-order valence-electron chi connectivity index (χ2n) is 7.24. The van der Waals surface area contributed by atoms with E-state index in [0.717, 1.165) is 45.5 Å². The number of hydrogen-bond acceptors (Lipinski definition) is 5. The topological polar surface area (TPSA) is 87.2 Å². The van der Waals surface area contributed by atoms with E-state index < -0.39 is 28.4 Å². The second-order valence-corrected chi connectivity index (χ2v) is 9.10. The average molecular weight is 456 g/mol. The van der Waals surface area contributed by atoms with Crippen LogP contribution in [0.5, 0.6) is 5.75 Å². The van der Waals surface area contributed by atoms with Crippen molar-refractivity contribution >= 4 is 33.1 Å². The summed E-state index contributed by atoms with van der Waals surface area (Å²) in [5.74, 6) is -1.18. The van der Waals surface area contributed by atoms with Gasteiger partial charge in [0.15, 0.2) is 0 Å². The fourth-order valence-corrected chi connectivity index (χ4v) is 5.30. The highest BCUT2D eigenvalue weighted by atomic mass is 32.2. The number of carboxylic acid groups (broad SMARTS) is 1. The van der Waals surface area contributed by atoms with Crippen molar-refractivity contribution in [2.45, 2.75) is 11.3 Å². The number of nitrogens with zero attached hydrogens (tertiary/aromatic N) is 2. The summed E-state index contributed by atoms with van der Waals surface area (Å²) >= 11 is 0. The molecule has 0 amide bonds. The molecule has 3 aromatic rings. The van der Waals surface area contributed by atoms with E-state index in [1.165, 1.54) is 0 Å². The third-order valence-electron chi connectivity index (χ3n) is 5.32. The molecule has 0 aromatic heterocycles. The minimum absolute atomic E-state index is 0.180. The molecule has 7 nitrogen and oxygen atoms in total. The molecule has 0 fully saturated rings. The van der Waals surface area contributed by atoms with Crippen molar-refractivity contribution < 1.29 is 27.4 Å². The summed E-state index contributed by atoms with van der Waals surface area (Å²) in [4.78, 5) is 13.4. The Balaban J connectivity index is 1.80. The number of benzene rings is 3. The molecule has 32 heavy (non-hydrogen) atoms. The zero-order valence-electron chi connectivity index (χ0n) is 17.2. The van der Waals surface area contributed by atoms with Crippen molar-refractivity contribution in [1.82, 2.24) is 0 Å². The van der Waals surface area contributed by atoms with Gasteiger partial charge < -0.3 is 14.7 Å². The van der Waals surface area contributed by atoms with Crippen LogP contribution in [-0.2, 0) is 21.2 Å². The predicted octanol–water partition coefficient (Wildman–Crippen LogP) is 3.81. The molecule has 166 valence electrons. The van der Waals surface area contributed by atoms with Crippen LogP contribution in [0.3, 0.4) is 0 Å². The minimum atomic E-state index is -4.23. The summed E-state index contributed by atoms with van der Waals surface area (Å²) in [7, 11) is -2.65. The summed E-state index contributed by atoms with van der Waals surface area (Å²) in [5.41, 5.74) is 2.69. The smallest absolute Gasteiger partial charge is 0.324 e. The number of aliphatic carboxylic acids is 1. The van der Waals surface area contributed by atoms with Crippen LogP contribution in [-0.4, -0.2) is 39.7 Å². The van der Waals surface area contributed by atoms with Gasteiger partial charge in [0.1, 0.15) is 18.1 Å². The van der Waals surface area contributed by atoms with Gasteiger partial charge in [0.05, 0.1) is 17.7 Å². The van der Waals surface area contributed by atoms with Gasteiger partial charge in [-0.15, -0.1) is 0 Å². The lowest BCUT2D eigenvalue weighted by molar-refractivity contribution is -0.135. The Kier molecular flexibility index (Phi) is 5.75. The highest BCUT2D eigenvalue weighted by Gasteiger charge is 2.32. The van der Waals surface area contributed by atoms with E-state index in [4.69, 9.17) is 4.74 Å². The molecule has 4 rings (SSSR count). The van der Waals surface area contributed by atoms with E-state index in [-0.39, 0.29) is 4.90 Å². The van der Waals surface area contributed by atoms with Gasteiger partial charge in [-0.1, -0.05) is 12.1 Å².